The molecule has 0 atom stereocenters. The largest absolute Gasteiger partial charge is 0.446 e. The zero-order valence-electron chi connectivity index (χ0n) is 14.8. The molecule has 2 aromatic heterocycles. The van der Waals surface area contributed by atoms with Crippen LogP contribution >= 0.6 is 18.9 Å². The van der Waals surface area contributed by atoms with Gasteiger partial charge >= 0.3 is 7.60 Å². The van der Waals surface area contributed by atoms with E-state index in [-0.39, 0.29) is 18.7 Å². The zero-order valence-corrected chi connectivity index (χ0v) is 16.5. The van der Waals surface area contributed by atoms with Crippen molar-refractivity contribution < 1.29 is 18.0 Å². The van der Waals surface area contributed by atoms with Gasteiger partial charge in [-0.05, 0) is 38.3 Å². The van der Waals surface area contributed by atoms with Crippen LogP contribution < -0.4 is 10.8 Å². The Morgan fingerprint density at radius 1 is 1.29 bits per heavy atom. The molecule has 0 amide bonds. The van der Waals surface area contributed by atoms with Crippen LogP contribution in [0.3, 0.4) is 0 Å². The number of rotatable bonds is 9. The minimum Gasteiger partial charge on any atom is -0.446 e. The second-order valence-electron chi connectivity index (χ2n) is 5.61. The molecule has 134 valence electrons. The van der Waals surface area contributed by atoms with Crippen molar-refractivity contribution in [2.24, 2.45) is 5.92 Å². The van der Waals surface area contributed by atoms with Gasteiger partial charge in [0, 0.05) is 11.9 Å². The van der Waals surface area contributed by atoms with E-state index in [4.69, 9.17) is 13.5 Å². The van der Waals surface area contributed by atoms with E-state index in [1.54, 1.807) is 37.3 Å². The van der Waals surface area contributed by atoms with Gasteiger partial charge in [0.25, 0.3) is 0 Å². The van der Waals surface area contributed by atoms with Crippen molar-refractivity contribution in [3.63, 3.8) is 0 Å². The van der Waals surface area contributed by atoms with E-state index in [1.165, 1.54) is 0 Å². The smallest absolute Gasteiger partial charge is 0.396 e. The summed E-state index contributed by atoms with van der Waals surface area (Å²) in [5, 5.41) is 3.90. The van der Waals surface area contributed by atoms with Gasteiger partial charge in [-0.15, -0.1) is 11.3 Å². The number of aromatic nitrogens is 1. The van der Waals surface area contributed by atoms with Gasteiger partial charge in [-0.2, -0.15) is 0 Å². The molecule has 0 saturated heterocycles. The summed E-state index contributed by atoms with van der Waals surface area (Å²) >= 11 is 1.61. The number of nitrogens with one attached hydrogen (secondary N) is 1. The van der Waals surface area contributed by atoms with Crippen LogP contribution in [0.2, 0.25) is 0 Å². The normalized spacial score (nSPS) is 12.1. The molecule has 8 heteroatoms. The fraction of sp³-hybridized carbons (Fsp3) is 0.562. The fourth-order valence-corrected chi connectivity index (χ4v) is 4.87. The van der Waals surface area contributed by atoms with E-state index < -0.39 is 7.60 Å². The molecule has 24 heavy (non-hydrogen) atoms. The molecule has 1 N–H and O–H groups in total. The van der Waals surface area contributed by atoms with Crippen LogP contribution in [0, 0.1) is 5.92 Å². The summed E-state index contributed by atoms with van der Waals surface area (Å²) in [6.07, 6.45) is 0.902. The minimum absolute atomic E-state index is 0.218. The molecule has 0 aliphatic rings. The molecule has 0 fully saturated rings. The maximum atomic E-state index is 12.8. The summed E-state index contributed by atoms with van der Waals surface area (Å²) in [6.45, 7) is 8.44. The number of hydrogen-bond donors (Lipinski definition) is 1. The van der Waals surface area contributed by atoms with E-state index in [0.29, 0.717) is 11.7 Å². The van der Waals surface area contributed by atoms with Crippen LogP contribution in [-0.2, 0) is 20.0 Å². The number of furan rings is 1. The molecule has 0 aromatic carbocycles. The quantitative estimate of drug-likeness (QED) is 0.652. The van der Waals surface area contributed by atoms with Crippen molar-refractivity contribution in [1.82, 2.24) is 4.98 Å². The van der Waals surface area contributed by atoms with Crippen LogP contribution in [0.5, 0.6) is 0 Å². The fourth-order valence-electron chi connectivity index (χ4n) is 2.27. The van der Waals surface area contributed by atoms with Gasteiger partial charge in [0.1, 0.15) is 5.69 Å². The van der Waals surface area contributed by atoms with E-state index in [2.05, 4.69) is 24.1 Å². The third-order valence-corrected chi connectivity index (χ3v) is 6.27. The van der Waals surface area contributed by atoms with Crippen molar-refractivity contribution >= 4 is 29.6 Å². The summed E-state index contributed by atoms with van der Waals surface area (Å²) < 4.78 is 29.3. The zero-order chi connectivity index (χ0) is 17.7. The highest BCUT2D eigenvalue weighted by Crippen LogP contribution is 2.48. The standard InChI is InChI=1S/C16H25N2O4PS/c1-6-20-23(19,21-7-2)14-9-8-12(22-14)15-13(10-11(3)4)24-16(17-5)18-15/h8-9,11H,6-7,10H2,1-5H3,(H,17,18). The molecule has 2 aromatic rings. The lowest BCUT2D eigenvalue weighted by atomic mass is 10.1. The van der Waals surface area contributed by atoms with Crippen LogP contribution in [0.1, 0.15) is 32.6 Å². The van der Waals surface area contributed by atoms with E-state index >= 15 is 0 Å². The molecular formula is C16H25N2O4PS. The van der Waals surface area contributed by atoms with Crippen LogP contribution in [0.4, 0.5) is 5.13 Å². The molecule has 0 saturated carbocycles. The average Bonchev–Trinajstić information content (AvgIpc) is 3.13. The monoisotopic (exact) mass is 372 g/mol. The maximum Gasteiger partial charge on any atom is 0.396 e. The van der Waals surface area contributed by atoms with Gasteiger partial charge in [-0.25, -0.2) is 4.98 Å². The van der Waals surface area contributed by atoms with Crippen LogP contribution in [0.15, 0.2) is 16.5 Å². The number of nitrogens with zero attached hydrogens (tertiary/aromatic N) is 1. The molecule has 0 aliphatic carbocycles. The van der Waals surface area contributed by atoms with Gasteiger partial charge in [0.15, 0.2) is 10.9 Å². The molecule has 0 bridgehead atoms. The Kier molecular flexibility index (Phi) is 6.63. The first kappa shape index (κ1) is 19.2. The Morgan fingerprint density at radius 3 is 2.50 bits per heavy atom. The molecular weight excluding hydrogens is 347 g/mol. The maximum absolute atomic E-state index is 12.8. The number of hydrogen-bond acceptors (Lipinski definition) is 7. The SMILES string of the molecule is CCOP(=O)(OCC)c1ccc(-c2nc(NC)sc2CC(C)C)o1. The van der Waals surface area contributed by atoms with Gasteiger partial charge in [0.05, 0.1) is 13.2 Å². The third kappa shape index (κ3) is 4.28. The van der Waals surface area contributed by atoms with Crippen molar-refractivity contribution in [2.45, 2.75) is 34.1 Å². The highest BCUT2D eigenvalue weighted by molar-refractivity contribution is 7.61. The number of thiazole rings is 1. The van der Waals surface area contributed by atoms with Gasteiger partial charge in [-0.3, -0.25) is 4.57 Å². The molecule has 0 unspecified atom stereocenters. The Morgan fingerprint density at radius 2 is 1.96 bits per heavy atom. The first-order valence-electron chi connectivity index (χ1n) is 8.10. The topological polar surface area (TPSA) is 73.6 Å². The van der Waals surface area contributed by atoms with E-state index in [0.717, 1.165) is 22.1 Å². The lowest BCUT2D eigenvalue weighted by Crippen LogP contribution is -2.08. The van der Waals surface area contributed by atoms with Crippen molar-refractivity contribution in [3.8, 4) is 11.5 Å². The van der Waals surface area contributed by atoms with Gasteiger partial charge in [-0.1, -0.05) is 13.8 Å². The molecule has 0 spiro atoms. The van der Waals surface area contributed by atoms with Crippen molar-refractivity contribution in [2.75, 3.05) is 25.6 Å². The average molecular weight is 372 g/mol. The van der Waals surface area contributed by atoms with Crippen molar-refractivity contribution in [1.29, 1.82) is 0 Å². The Bertz CT molecular complexity index is 701. The first-order chi connectivity index (χ1) is 11.4. The molecule has 6 nitrogen and oxygen atoms in total. The first-order valence-corrected chi connectivity index (χ1v) is 10.5. The van der Waals surface area contributed by atoms with Crippen LogP contribution in [0.25, 0.3) is 11.5 Å². The summed E-state index contributed by atoms with van der Waals surface area (Å²) in [6, 6.07) is 3.43. The summed E-state index contributed by atoms with van der Waals surface area (Å²) in [5.41, 5.74) is 1.000. The summed E-state index contributed by atoms with van der Waals surface area (Å²) in [7, 11) is -1.58. The highest BCUT2D eigenvalue weighted by atomic mass is 32.1. The predicted molar refractivity (Wildman–Crippen MR) is 98.4 cm³/mol. The lowest BCUT2D eigenvalue weighted by molar-refractivity contribution is 0.225. The number of anilines is 1. The lowest BCUT2D eigenvalue weighted by Gasteiger charge is -2.13. The minimum atomic E-state index is -3.42. The van der Waals surface area contributed by atoms with E-state index in [1.807, 2.05) is 7.05 Å². The van der Waals surface area contributed by atoms with Gasteiger partial charge < -0.3 is 18.8 Å². The Labute approximate surface area is 147 Å². The molecule has 0 aliphatic heterocycles. The Balaban J connectivity index is 2.39. The van der Waals surface area contributed by atoms with E-state index in [9.17, 15) is 4.57 Å². The Hall–Kier alpha value is -1.14. The highest BCUT2D eigenvalue weighted by Gasteiger charge is 2.31. The second-order valence-corrected chi connectivity index (χ2v) is 8.65. The molecule has 0 radical (unpaired) electrons. The van der Waals surface area contributed by atoms with Crippen molar-refractivity contribution in [3.05, 3.63) is 17.0 Å². The van der Waals surface area contributed by atoms with Crippen LogP contribution in [-0.4, -0.2) is 25.2 Å². The summed E-state index contributed by atoms with van der Waals surface area (Å²) in [4.78, 5) is 5.72. The summed E-state index contributed by atoms with van der Waals surface area (Å²) in [5.74, 6) is 1.08. The third-order valence-electron chi connectivity index (χ3n) is 3.20. The predicted octanol–water partition coefficient (Wildman–Crippen LogP) is 4.53. The molecule has 2 rings (SSSR count). The molecule has 2 heterocycles. The second kappa shape index (κ2) is 8.30. The van der Waals surface area contributed by atoms with Gasteiger partial charge in [0.2, 0.25) is 5.50 Å².